The highest BCUT2D eigenvalue weighted by Crippen LogP contribution is 2.31. The van der Waals surface area contributed by atoms with Gasteiger partial charge in [0.25, 0.3) is 0 Å². The molecule has 2 aliphatic rings. The topological polar surface area (TPSA) is 6.48 Å². The molecule has 0 aromatic carbocycles. The lowest BCUT2D eigenvalue weighted by Gasteiger charge is -2.39. The Morgan fingerprint density at radius 1 is 0.737 bits per heavy atom. The maximum absolute atomic E-state index is 3.41. The van der Waals surface area contributed by atoms with Gasteiger partial charge in [-0.15, -0.1) is 11.8 Å². The Labute approximate surface area is 240 Å². The van der Waals surface area contributed by atoms with Crippen LogP contribution in [0, 0.1) is 71.0 Å². The maximum atomic E-state index is 3.41. The van der Waals surface area contributed by atoms with Crippen LogP contribution in [0.25, 0.3) is 0 Å². The van der Waals surface area contributed by atoms with E-state index in [2.05, 4.69) is 117 Å². The van der Waals surface area contributed by atoms with E-state index in [0.29, 0.717) is 23.7 Å². The molecule has 0 spiro atoms. The van der Waals surface area contributed by atoms with Crippen LogP contribution in [0.2, 0.25) is 0 Å². The molecule has 2 rings (SSSR count). The number of nitrogens with zero attached hydrogens (tertiary/aromatic N) is 2. The summed E-state index contributed by atoms with van der Waals surface area (Å²) in [5.74, 6) is 19.1. The summed E-state index contributed by atoms with van der Waals surface area (Å²) in [4.78, 5) is 5.24. The zero-order valence-corrected chi connectivity index (χ0v) is 27.7. The largest absolute Gasteiger partial charge is 0.303 e. The fourth-order valence-electron chi connectivity index (χ4n) is 5.35. The van der Waals surface area contributed by atoms with Crippen molar-refractivity contribution in [2.24, 2.45) is 47.3 Å². The van der Waals surface area contributed by atoms with Crippen LogP contribution in [0.3, 0.4) is 0 Å². The van der Waals surface area contributed by atoms with Crippen molar-refractivity contribution in [1.29, 1.82) is 0 Å². The first-order valence-corrected chi connectivity index (χ1v) is 16.3. The second kappa shape index (κ2) is 18.4. The normalized spacial score (nSPS) is 22.8. The van der Waals surface area contributed by atoms with Crippen LogP contribution in [-0.2, 0) is 0 Å². The van der Waals surface area contributed by atoms with Crippen LogP contribution < -0.4 is 0 Å². The van der Waals surface area contributed by atoms with E-state index in [-0.39, 0.29) is 0 Å². The van der Waals surface area contributed by atoms with Gasteiger partial charge in [0.15, 0.2) is 0 Å². The lowest BCUT2D eigenvalue weighted by atomic mass is 9.79. The monoisotopic (exact) mass is 527 g/mol. The smallest absolute Gasteiger partial charge is 0.0232 e. The highest BCUT2D eigenvalue weighted by atomic mass is 15.2. The molecular formula is C36H66N2. The van der Waals surface area contributed by atoms with Crippen molar-refractivity contribution in [3.05, 3.63) is 0 Å². The van der Waals surface area contributed by atoms with Crippen molar-refractivity contribution < 1.29 is 0 Å². The van der Waals surface area contributed by atoms with Gasteiger partial charge in [-0.05, 0) is 102 Å². The lowest BCUT2D eigenvalue weighted by molar-refractivity contribution is 0.115. The Morgan fingerprint density at radius 3 is 1.82 bits per heavy atom. The van der Waals surface area contributed by atoms with Gasteiger partial charge in [-0.2, -0.15) is 0 Å². The third kappa shape index (κ3) is 14.4. The first-order valence-electron chi connectivity index (χ1n) is 16.3. The van der Waals surface area contributed by atoms with Gasteiger partial charge in [0, 0.05) is 35.8 Å². The average Bonchev–Trinajstić information content (AvgIpc) is 2.83. The molecule has 0 aromatic rings. The number of hydrogen-bond donors (Lipinski definition) is 0. The van der Waals surface area contributed by atoms with E-state index in [0.717, 1.165) is 35.8 Å². The van der Waals surface area contributed by atoms with Crippen LogP contribution in [0.15, 0.2) is 0 Å². The third-order valence-electron chi connectivity index (χ3n) is 9.16. The predicted molar refractivity (Wildman–Crippen MR) is 170 cm³/mol. The molecule has 1 heterocycles. The Bertz CT molecular complexity index is 729. The number of hydrogen-bond acceptors (Lipinski definition) is 2. The third-order valence-corrected chi connectivity index (χ3v) is 9.16. The molecule has 2 heteroatoms. The average molecular weight is 527 g/mol. The van der Waals surface area contributed by atoms with E-state index in [1.807, 2.05) is 0 Å². The van der Waals surface area contributed by atoms with Crippen LogP contribution in [0.4, 0.5) is 0 Å². The van der Waals surface area contributed by atoms with E-state index < -0.39 is 0 Å². The van der Waals surface area contributed by atoms with Crippen molar-refractivity contribution in [3.63, 3.8) is 0 Å². The van der Waals surface area contributed by atoms with E-state index >= 15 is 0 Å². The zero-order chi connectivity index (χ0) is 28.8. The lowest BCUT2D eigenvalue weighted by Crippen LogP contribution is -2.42. The molecule has 38 heavy (non-hydrogen) atoms. The quantitative estimate of drug-likeness (QED) is 0.262. The summed E-state index contributed by atoms with van der Waals surface area (Å²) in [6, 6.07) is 1.52. The van der Waals surface area contributed by atoms with Crippen molar-refractivity contribution in [3.8, 4) is 23.7 Å². The molecule has 0 bridgehead atoms. The van der Waals surface area contributed by atoms with Gasteiger partial charge >= 0.3 is 0 Å². The summed E-state index contributed by atoms with van der Waals surface area (Å²) in [6.07, 6.45) is 9.21. The Balaban J connectivity index is 0.000000382. The predicted octanol–water partition coefficient (Wildman–Crippen LogP) is 8.86. The van der Waals surface area contributed by atoms with E-state index in [9.17, 15) is 0 Å². The van der Waals surface area contributed by atoms with Gasteiger partial charge in [-0.1, -0.05) is 81.1 Å². The first-order chi connectivity index (χ1) is 17.8. The van der Waals surface area contributed by atoms with Gasteiger partial charge < -0.3 is 9.80 Å². The molecule has 0 N–H and O–H groups in total. The number of likely N-dealkylation sites (tertiary alicyclic amines) is 1. The van der Waals surface area contributed by atoms with E-state index in [4.69, 9.17) is 0 Å². The molecule has 1 saturated heterocycles. The fourth-order valence-corrected chi connectivity index (χ4v) is 5.35. The van der Waals surface area contributed by atoms with Gasteiger partial charge in [-0.25, -0.2) is 0 Å². The van der Waals surface area contributed by atoms with Gasteiger partial charge in [-0.3, -0.25) is 0 Å². The first kappa shape index (κ1) is 35.1. The Kier molecular flexibility index (Phi) is 17.0. The molecule has 0 radical (unpaired) electrons. The molecule has 0 aromatic heterocycles. The molecule has 2 nitrogen and oxygen atoms in total. The van der Waals surface area contributed by atoms with Crippen LogP contribution >= 0.6 is 0 Å². The molecule has 1 saturated carbocycles. The van der Waals surface area contributed by atoms with Crippen LogP contribution in [0.5, 0.6) is 0 Å². The molecule has 220 valence electrons. The van der Waals surface area contributed by atoms with E-state index in [1.165, 1.54) is 64.6 Å². The van der Waals surface area contributed by atoms with Crippen molar-refractivity contribution >= 4 is 0 Å². The molecule has 1 aliphatic carbocycles. The van der Waals surface area contributed by atoms with E-state index in [1.54, 1.807) is 0 Å². The van der Waals surface area contributed by atoms with Crippen molar-refractivity contribution in [2.45, 2.75) is 133 Å². The number of rotatable bonds is 10. The van der Waals surface area contributed by atoms with Crippen LogP contribution in [-0.4, -0.2) is 48.6 Å². The second-order valence-corrected chi connectivity index (χ2v) is 14.1. The maximum Gasteiger partial charge on any atom is 0.0232 e. The zero-order valence-electron chi connectivity index (χ0n) is 27.7. The van der Waals surface area contributed by atoms with Gasteiger partial charge in [0.05, 0.1) is 0 Å². The molecule has 2 fully saturated rings. The number of piperidine rings is 1. The molecule has 3 atom stereocenters. The summed E-state index contributed by atoms with van der Waals surface area (Å²) in [7, 11) is 2.28. The molecular weight excluding hydrogens is 460 g/mol. The standard InChI is InChI=1S/C19H35N.C17H31N/c1-15(2)7-8-17(5)9-10-18(6)20-13-11-19(12-14-20)16(3)4;1-13(2)7-8-16-11-17(12-16)18(6)10-9-15(5)14(3)4/h15-19H,9-14H2,1-6H3;13-17H,9-12H2,1-6H3. The highest BCUT2D eigenvalue weighted by molar-refractivity contribution is 5.11. The fraction of sp³-hybridized carbons (Fsp3) is 0.889. The molecule has 0 amide bonds. The summed E-state index contributed by atoms with van der Waals surface area (Å²) in [5.41, 5.74) is 0. The Hall–Kier alpha value is -0.960. The summed E-state index contributed by atoms with van der Waals surface area (Å²) >= 11 is 0. The minimum absolute atomic E-state index is 0.505. The Morgan fingerprint density at radius 2 is 1.32 bits per heavy atom. The summed E-state index contributed by atoms with van der Waals surface area (Å²) in [6.45, 7) is 29.0. The summed E-state index contributed by atoms with van der Waals surface area (Å²) in [5, 5.41) is 0. The second-order valence-electron chi connectivity index (χ2n) is 14.1. The minimum Gasteiger partial charge on any atom is -0.303 e. The summed E-state index contributed by atoms with van der Waals surface area (Å²) < 4.78 is 0. The van der Waals surface area contributed by atoms with Gasteiger partial charge in [0.2, 0.25) is 0 Å². The van der Waals surface area contributed by atoms with Gasteiger partial charge in [0.1, 0.15) is 0 Å². The van der Waals surface area contributed by atoms with Crippen LogP contribution in [0.1, 0.15) is 121 Å². The highest BCUT2D eigenvalue weighted by Gasteiger charge is 2.30. The SMILES string of the molecule is CC(C)C#CC(C)CCC(C)N1CCC(C(C)C)CC1.CC(C)C#CC1CC(N(C)CCC(C)C(C)C)C1. The minimum atomic E-state index is 0.505. The van der Waals surface area contributed by atoms with Crippen molar-refractivity contribution in [2.75, 3.05) is 26.7 Å². The molecule has 1 aliphatic heterocycles. The van der Waals surface area contributed by atoms with Crippen molar-refractivity contribution in [1.82, 2.24) is 9.80 Å². The molecule has 3 unspecified atom stereocenters.